The molecule has 2 saturated heterocycles. The van der Waals surface area contributed by atoms with Crippen molar-refractivity contribution in [1.82, 2.24) is 24.9 Å². The number of likely N-dealkylation sites (N-methyl/N-ethyl adjacent to an activating group) is 1. The molecule has 29 heavy (non-hydrogen) atoms. The maximum atomic E-state index is 12.7. The Bertz CT molecular complexity index is 731. The van der Waals surface area contributed by atoms with E-state index in [2.05, 4.69) is 15.4 Å². The van der Waals surface area contributed by atoms with E-state index in [4.69, 9.17) is 4.74 Å². The average molecular weight is 519 g/mol. The van der Waals surface area contributed by atoms with Gasteiger partial charge in [-0.15, -0.1) is 24.0 Å². The molecule has 0 aliphatic carbocycles. The minimum atomic E-state index is -0.0864. The van der Waals surface area contributed by atoms with Gasteiger partial charge in [-0.05, 0) is 12.8 Å². The van der Waals surface area contributed by atoms with Crippen molar-refractivity contribution in [3.8, 4) is 0 Å². The van der Waals surface area contributed by atoms with Crippen molar-refractivity contribution in [2.75, 3.05) is 58.3 Å². The number of rotatable bonds is 5. The number of ether oxygens (including phenoxy) is 1. The Morgan fingerprint density at radius 1 is 1.41 bits per heavy atom. The Labute approximate surface area is 188 Å². The van der Waals surface area contributed by atoms with Gasteiger partial charge in [0, 0.05) is 53.6 Å². The van der Waals surface area contributed by atoms with Gasteiger partial charge in [-0.3, -0.25) is 14.3 Å². The molecule has 2 aliphatic rings. The fraction of sp³-hybridized carbons (Fsp3) is 0.667. The molecule has 2 aliphatic heterocycles. The van der Waals surface area contributed by atoms with Crippen LogP contribution in [0, 0.1) is 0 Å². The molecule has 3 rings (SSSR count). The molecule has 1 aromatic heterocycles. The maximum absolute atomic E-state index is 12.7. The van der Waals surface area contributed by atoms with E-state index < -0.39 is 0 Å². The molecule has 0 saturated carbocycles. The zero-order valence-electron chi connectivity index (χ0n) is 17.2. The van der Waals surface area contributed by atoms with Crippen molar-refractivity contribution in [2.45, 2.75) is 18.9 Å². The van der Waals surface area contributed by atoms with Gasteiger partial charge in [-0.2, -0.15) is 5.10 Å². The molecule has 0 radical (unpaired) electrons. The van der Waals surface area contributed by atoms with Crippen LogP contribution in [0.1, 0.15) is 12.8 Å². The first-order valence-electron chi connectivity index (χ1n) is 9.58. The van der Waals surface area contributed by atoms with Crippen molar-refractivity contribution in [3.05, 3.63) is 12.4 Å². The molecular weight excluding hydrogens is 489 g/mol. The van der Waals surface area contributed by atoms with Crippen molar-refractivity contribution < 1.29 is 14.3 Å². The van der Waals surface area contributed by atoms with Crippen molar-refractivity contribution in [2.24, 2.45) is 12.0 Å². The predicted molar refractivity (Wildman–Crippen MR) is 121 cm³/mol. The van der Waals surface area contributed by atoms with Gasteiger partial charge >= 0.3 is 0 Å². The third-order valence-electron chi connectivity index (χ3n) is 4.90. The molecule has 0 spiro atoms. The number of amides is 2. The van der Waals surface area contributed by atoms with E-state index in [0.717, 1.165) is 25.1 Å². The Kier molecular flexibility index (Phi) is 8.68. The first-order valence-corrected chi connectivity index (χ1v) is 9.58. The molecule has 162 valence electrons. The Hall–Kier alpha value is -1.89. The fourth-order valence-corrected chi connectivity index (χ4v) is 3.24. The molecule has 2 fully saturated rings. The Morgan fingerprint density at radius 2 is 2.21 bits per heavy atom. The first-order chi connectivity index (χ1) is 13.4. The van der Waals surface area contributed by atoms with Crippen molar-refractivity contribution >= 4 is 47.4 Å². The number of nitrogens with zero attached hydrogens (tertiary/aromatic N) is 6. The van der Waals surface area contributed by atoms with Gasteiger partial charge in [-0.1, -0.05) is 0 Å². The van der Waals surface area contributed by atoms with E-state index in [0.29, 0.717) is 25.6 Å². The lowest BCUT2D eigenvalue weighted by Crippen LogP contribution is -2.56. The monoisotopic (exact) mass is 519 g/mol. The molecule has 1 unspecified atom stereocenters. The lowest BCUT2D eigenvalue weighted by atomic mass is 10.2. The quantitative estimate of drug-likeness (QED) is 0.332. The third kappa shape index (κ3) is 6.29. The average Bonchev–Trinajstić information content (AvgIpc) is 3.33. The number of aliphatic imine (C=N–C) groups is 1. The zero-order chi connectivity index (χ0) is 20.1. The van der Waals surface area contributed by atoms with Crippen LogP contribution in [-0.2, 0) is 21.4 Å². The van der Waals surface area contributed by atoms with Gasteiger partial charge in [0.2, 0.25) is 11.8 Å². The zero-order valence-corrected chi connectivity index (χ0v) is 19.5. The van der Waals surface area contributed by atoms with Gasteiger partial charge in [0.25, 0.3) is 0 Å². The van der Waals surface area contributed by atoms with E-state index in [1.54, 1.807) is 29.9 Å². The second kappa shape index (κ2) is 10.8. The molecule has 1 N–H and O–H groups in total. The molecule has 0 bridgehead atoms. The fourth-order valence-electron chi connectivity index (χ4n) is 3.24. The Morgan fingerprint density at radius 3 is 2.79 bits per heavy atom. The van der Waals surface area contributed by atoms with Crippen LogP contribution in [-0.4, -0.2) is 96.9 Å². The SMILES string of the molecule is CN(C)C(=O)CN=C(NCC1CCCO1)N1CCN(c2cnn(C)c2)C(=O)C1.I. The number of hydrogen-bond donors (Lipinski definition) is 1. The third-order valence-corrected chi connectivity index (χ3v) is 4.90. The van der Waals surface area contributed by atoms with Crippen molar-refractivity contribution in [3.63, 3.8) is 0 Å². The van der Waals surface area contributed by atoms with Gasteiger partial charge in [0.15, 0.2) is 5.96 Å². The standard InChI is InChI=1S/C18H29N7O3.HI/c1-22(2)16(26)11-20-18(19-10-15-5-4-8-28-15)24-6-7-25(17(27)13-24)14-9-21-23(3)12-14;/h9,12,15H,4-8,10-11,13H2,1-3H3,(H,19,20);1H. The number of aromatic nitrogens is 2. The highest BCUT2D eigenvalue weighted by molar-refractivity contribution is 14.0. The number of aryl methyl sites for hydroxylation is 1. The number of halogens is 1. The minimum absolute atomic E-state index is 0. The molecule has 10 nitrogen and oxygen atoms in total. The van der Waals surface area contributed by atoms with Crippen molar-refractivity contribution in [1.29, 1.82) is 0 Å². The smallest absolute Gasteiger partial charge is 0.246 e. The van der Waals surface area contributed by atoms with E-state index in [1.807, 2.05) is 18.1 Å². The molecule has 11 heteroatoms. The molecular formula is C18H30IN7O3. The summed E-state index contributed by atoms with van der Waals surface area (Å²) in [4.78, 5) is 34.2. The molecule has 2 amide bonds. The summed E-state index contributed by atoms with van der Waals surface area (Å²) in [5, 5.41) is 7.43. The van der Waals surface area contributed by atoms with Crippen LogP contribution in [0.4, 0.5) is 5.69 Å². The summed E-state index contributed by atoms with van der Waals surface area (Å²) in [6, 6.07) is 0. The highest BCUT2D eigenvalue weighted by Gasteiger charge is 2.28. The van der Waals surface area contributed by atoms with E-state index in [9.17, 15) is 9.59 Å². The van der Waals surface area contributed by atoms with Crippen LogP contribution in [0.2, 0.25) is 0 Å². The van der Waals surface area contributed by atoms with Crippen LogP contribution < -0.4 is 10.2 Å². The normalized spacial score (nSPS) is 19.9. The second-order valence-electron chi connectivity index (χ2n) is 7.28. The molecule has 0 aromatic carbocycles. The van der Waals surface area contributed by atoms with Crippen LogP contribution in [0.5, 0.6) is 0 Å². The number of anilines is 1. The van der Waals surface area contributed by atoms with Crippen LogP contribution >= 0.6 is 24.0 Å². The highest BCUT2D eigenvalue weighted by Crippen LogP contribution is 2.16. The topological polar surface area (TPSA) is 95.3 Å². The largest absolute Gasteiger partial charge is 0.376 e. The summed E-state index contributed by atoms with van der Waals surface area (Å²) in [6.07, 6.45) is 5.72. The number of hydrogen-bond acceptors (Lipinski definition) is 5. The summed E-state index contributed by atoms with van der Waals surface area (Å²) in [5.41, 5.74) is 0.792. The van der Waals surface area contributed by atoms with Crippen LogP contribution in [0.25, 0.3) is 0 Å². The molecule has 1 atom stereocenters. The van der Waals surface area contributed by atoms with Gasteiger partial charge in [0.05, 0.1) is 18.0 Å². The summed E-state index contributed by atoms with van der Waals surface area (Å²) in [5.74, 6) is 0.464. The highest BCUT2D eigenvalue weighted by atomic mass is 127. The Balaban J connectivity index is 0.00000300. The van der Waals surface area contributed by atoms with Crippen LogP contribution in [0.15, 0.2) is 17.4 Å². The molecule has 1 aromatic rings. The molecule has 3 heterocycles. The number of carbonyl (C=O) groups excluding carboxylic acids is 2. The van der Waals surface area contributed by atoms with Gasteiger partial charge in [0.1, 0.15) is 13.1 Å². The first kappa shape index (κ1) is 23.4. The second-order valence-corrected chi connectivity index (χ2v) is 7.28. The van der Waals surface area contributed by atoms with Crippen LogP contribution in [0.3, 0.4) is 0 Å². The summed E-state index contributed by atoms with van der Waals surface area (Å²) in [7, 11) is 5.23. The maximum Gasteiger partial charge on any atom is 0.246 e. The summed E-state index contributed by atoms with van der Waals surface area (Å²) in [6.45, 7) is 2.79. The van der Waals surface area contributed by atoms with Gasteiger partial charge < -0.3 is 24.8 Å². The number of carbonyl (C=O) groups is 2. The van der Waals surface area contributed by atoms with E-state index >= 15 is 0 Å². The van der Waals surface area contributed by atoms with Gasteiger partial charge in [-0.25, -0.2) is 4.99 Å². The number of nitrogens with one attached hydrogen (secondary N) is 1. The summed E-state index contributed by atoms with van der Waals surface area (Å²) < 4.78 is 7.34. The number of guanidine groups is 1. The lowest BCUT2D eigenvalue weighted by molar-refractivity contribution is -0.127. The van der Waals surface area contributed by atoms with E-state index in [1.165, 1.54) is 4.90 Å². The predicted octanol–water partition coefficient (Wildman–Crippen LogP) is -0.100. The lowest BCUT2D eigenvalue weighted by Gasteiger charge is -2.35. The summed E-state index contributed by atoms with van der Waals surface area (Å²) >= 11 is 0. The van der Waals surface area contributed by atoms with E-state index in [-0.39, 0.29) is 55.0 Å². The minimum Gasteiger partial charge on any atom is -0.376 e. The number of piperazine rings is 1.